The monoisotopic (exact) mass is 237 g/mol. The van der Waals surface area contributed by atoms with Gasteiger partial charge in [-0.15, -0.1) is 0 Å². The summed E-state index contributed by atoms with van der Waals surface area (Å²) in [5, 5.41) is 4.10. The van der Waals surface area contributed by atoms with Crippen LogP contribution in [0, 0.1) is 0 Å². The van der Waals surface area contributed by atoms with Gasteiger partial charge in [-0.3, -0.25) is 9.67 Å². The number of rotatable bonds is 2. The van der Waals surface area contributed by atoms with Crippen molar-refractivity contribution in [2.75, 3.05) is 0 Å². The minimum atomic E-state index is 0.722. The maximum absolute atomic E-state index is 4.25. The normalized spacial score (nSPS) is 10.2. The van der Waals surface area contributed by atoms with Crippen LogP contribution in [0.2, 0.25) is 0 Å². The predicted molar refractivity (Wildman–Crippen MR) is 53.3 cm³/mol. The molecule has 2 aromatic rings. The van der Waals surface area contributed by atoms with Crippen LogP contribution in [0.25, 0.3) is 0 Å². The third-order valence-electron chi connectivity index (χ3n) is 1.67. The Bertz CT molecular complexity index is 366. The zero-order valence-electron chi connectivity index (χ0n) is 6.89. The molecule has 0 fully saturated rings. The van der Waals surface area contributed by atoms with E-state index in [0.29, 0.717) is 0 Å². The van der Waals surface area contributed by atoms with Gasteiger partial charge < -0.3 is 0 Å². The summed E-state index contributed by atoms with van der Waals surface area (Å²) in [5.74, 6) is 0. The molecule has 4 heteroatoms. The van der Waals surface area contributed by atoms with E-state index in [1.807, 2.05) is 29.1 Å². The molecule has 0 aromatic carbocycles. The second kappa shape index (κ2) is 3.70. The minimum absolute atomic E-state index is 0.722. The highest BCUT2D eigenvalue weighted by Gasteiger charge is 1.95. The van der Waals surface area contributed by atoms with Crippen molar-refractivity contribution in [3.8, 4) is 0 Å². The molecule has 2 rings (SSSR count). The molecule has 2 aromatic heterocycles. The van der Waals surface area contributed by atoms with Crippen LogP contribution in [-0.2, 0) is 6.54 Å². The van der Waals surface area contributed by atoms with Crippen LogP contribution in [0.15, 0.2) is 41.3 Å². The van der Waals surface area contributed by atoms with Crippen molar-refractivity contribution < 1.29 is 0 Å². The Balaban J connectivity index is 2.15. The predicted octanol–water partition coefficient (Wildman–Crippen LogP) is 2.09. The van der Waals surface area contributed by atoms with Gasteiger partial charge in [-0.2, -0.15) is 5.10 Å². The molecule has 2 heterocycles. The van der Waals surface area contributed by atoms with Crippen molar-refractivity contribution in [2.45, 2.75) is 6.54 Å². The molecule has 0 saturated heterocycles. The maximum atomic E-state index is 4.25. The van der Waals surface area contributed by atoms with Crippen molar-refractivity contribution in [3.05, 3.63) is 47.0 Å². The van der Waals surface area contributed by atoms with Crippen LogP contribution in [0.5, 0.6) is 0 Å². The van der Waals surface area contributed by atoms with Crippen LogP contribution in [0.3, 0.4) is 0 Å². The lowest BCUT2D eigenvalue weighted by molar-refractivity contribution is 0.672. The molecule has 0 saturated carbocycles. The van der Waals surface area contributed by atoms with Crippen molar-refractivity contribution >= 4 is 15.9 Å². The van der Waals surface area contributed by atoms with E-state index >= 15 is 0 Å². The first-order valence-corrected chi connectivity index (χ1v) is 4.72. The van der Waals surface area contributed by atoms with Crippen molar-refractivity contribution in [1.29, 1.82) is 0 Å². The fourth-order valence-electron chi connectivity index (χ4n) is 1.06. The first-order valence-electron chi connectivity index (χ1n) is 3.92. The number of hydrogen-bond donors (Lipinski definition) is 0. The molecular weight excluding hydrogens is 230 g/mol. The molecule has 13 heavy (non-hydrogen) atoms. The first kappa shape index (κ1) is 8.44. The Kier molecular flexibility index (Phi) is 2.40. The lowest BCUT2D eigenvalue weighted by Crippen LogP contribution is -2.01. The summed E-state index contributed by atoms with van der Waals surface area (Å²) in [6, 6.07) is 5.86. The average Bonchev–Trinajstić information content (AvgIpc) is 2.62. The zero-order chi connectivity index (χ0) is 9.10. The van der Waals surface area contributed by atoms with E-state index in [4.69, 9.17) is 0 Å². The van der Waals surface area contributed by atoms with Gasteiger partial charge in [0.15, 0.2) is 0 Å². The highest BCUT2D eigenvalue weighted by atomic mass is 79.9. The molecule has 0 atom stereocenters. The van der Waals surface area contributed by atoms with Crippen LogP contribution < -0.4 is 0 Å². The van der Waals surface area contributed by atoms with E-state index in [-0.39, 0.29) is 0 Å². The lowest BCUT2D eigenvalue weighted by atomic mass is 10.3. The minimum Gasteiger partial charge on any atom is -0.267 e. The largest absolute Gasteiger partial charge is 0.267 e. The maximum Gasteiger partial charge on any atom is 0.0831 e. The molecule has 0 aliphatic heterocycles. The van der Waals surface area contributed by atoms with Gasteiger partial charge >= 0.3 is 0 Å². The summed E-state index contributed by atoms with van der Waals surface area (Å²) in [6.07, 6.45) is 5.47. The Morgan fingerprint density at radius 2 is 2.31 bits per heavy atom. The second-order valence-corrected chi connectivity index (χ2v) is 3.59. The summed E-state index contributed by atoms with van der Waals surface area (Å²) in [7, 11) is 0. The van der Waals surface area contributed by atoms with E-state index in [9.17, 15) is 0 Å². The topological polar surface area (TPSA) is 30.7 Å². The van der Waals surface area contributed by atoms with E-state index in [0.717, 1.165) is 16.7 Å². The van der Waals surface area contributed by atoms with Crippen LogP contribution in [-0.4, -0.2) is 14.8 Å². The first-order chi connectivity index (χ1) is 6.34. The molecular formula is C9H8BrN3. The molecule has 3 nitrogen and oxygen atoms in total. The van der Waals surface area contributed by atoms with Crippen molar-refractivity contribution in [3.63, 3.8) is 0 Å². The highest BCUT2D eigenvalue weighted by molar-refractivity contribution is 9.10. The Hall–Kier alpha value is -1.16. The standard InChI is InChI=1S/C9H8BrN3/c10-8-2-3-9(11-6-8)7-13-5-1-4-12-13/h1-6H,7H2. The molecule has 0 bridgehead atoms. The molecule has 0 radical (unpaired) electrons. The summed E-state index contributed by atoms with van der Waals surface area (Å²) in [5.41, 5.74) is 1.01. The van der Waals surface area contributed by atoms with Gasteiger partial charge in [0.25, 0.3) is 0 Å². The third-order valence-corrected chi connectivity index (χ3v) is 2.14. The second-order valence-electron chi connectivity index (χ2n) is 2.67. The molecule has 66 valence electrons. The summed E-state index contributed by atoms with van der Waals surface area (Å²) in [6.45, 7) is 0.722. The number of hydrogen-bond acceptors (Lipinski definition) is 2. The van der Waals surface area contributed by atoms with Crippen LogP contribution in [0.4, 0.5) is 0 Å². The van der Waals surface area contributed by atoms with E-state index < -0.39 is 0 Å². The Morgan fingerprint density at radius 1 is 1.38 bits per heavy atom. The van der Waals surface area contributed by atoms with Crippen molar-refractivity contribution in [1.82, 2.24) is 14.8 Å². The van der Waals surface area contributed by atoms with Gasteiger partial charge in [0.1, 0.15) is 0 Å². The van der Waals surface area contributed by atoms with E-state index in [2.05, 4.69) is 26.0 Å². The smallest absolute Gasteiger partial charge is 0.0831 e. The fourth-order valence-corrected chi connectivity index (χ4v) is 1.29. The van der Waals surface area contributed by atoms with Gasteiger partial charge in [0.05, 0.1) is 12.2 Å². The Labute approximate surface area is 84.5 Å². The van der Waals surface area contributed by atoms with Crippen LogP contribution in [0.1, 0.15) is 5.69 Å². The lowest BCUT2D eigenvalue weighted by Gasteiger charge is -2.00. The zero-order valence-corrected chi connectivity index (χ0v) is 8.48. The van der Waals surface area contributed by atoms with Gasteiger partial charge in [-0.1, -0.05) is 0 Å². The van der Waals surface area contributed by atoms with E-state index in [1.54, 1.807) is 12.4 Å². The van der Waals surface area contributed by atoms with Gasteiger partial charge in [-0.05, 0) is 34.1 Å². The number of nitrogens with zero attached hydrogens (tertiary/aromatic N) is 3. The highest BCUT2D eigenvalue weighted by Crippen LogP contribution is 2.07. The molecule has 0 N–H and O–H groups in total. The van der Waals surface area contributed by atoms with Crippen molar-refractivity contribution in [2.24, 2.45) is 0 Å². The number of pyridine rings is 1. The van der Waals surface area contributed by atoms with E-state index in [1.165, 1.54) is 0 Å². The summed E-state index contributed by atoms with van der Waals surface area (Å²) in [4.78, 5) is 4.25. The molecule has 0 aliphatic carbocycles. The van der Waals surface area contributed by atoms with Crippen LogP contribution >= 0.6 is 15.9 Å². The molecule has 0 unspecified atom stereocenters. The third kappa shape index (κ3) is 2.15. The SMILES string of the molecule is Brc1ccc(Cn2cccn2)nc1. The molecule has 0 spiro atoms. The fraction of sp³-hybridized carbons (Fsp3) is 0.111. The Morgan fingerprint density at radius 3 is 2.92 bits per heavy atom. The average molecular weight is 238 g/mol. The molecule has 0 amide bonds. The molecule has 0 aliphatic rings. The quantitative estimate of drug-likeness (QED) is 0.801. The van der Waals surface area contributed by atoms with Gasteiger partial charge in [0.2, 0.25) is 0 Å². The van der Waals surface area contributed by atoms with Gasteiger partial charge in [0, 0.05) is 23.1 Å². The number of aromatic nitrogens is 3. The summed E-state index contributed by atoms with van der Waals surface area (Å²) >= 11 is 3.34. The van der Waals surface area contributed by atoms with Gasteiger partial charge in [-0.25, -0.2) is 0 Å². The number of halogens is 1. The summed E-state index contributed by atoms with van der Waals surface area (Å²) < 4.78 is 2.84.